The number of nitrogens with one attached hydrogen (secondary N) is 1. The number of hydrogen-bond donors (Lipinski definition) is 1. The topological polar surface area (TPSA) is 41.0 Å². The van der Waals surface area contributed by atoms with Crippen LogP contribution in [0, 0.1) is 12.8 Å². The Kier molecular flexibility index (Phi) is 6.52. The number of aryl methyl sites for hydroxylation is 1. The van der Waals surface area contributed by atoms with Crippen LogP contribution in [0.4, 0.5) is 5.82 Å². The number of aromatic nitrogens is 2. The van der Waals surface area contributed by atoms with E-state index >= 15 is 0 Å². The zero-order valence-corrected chi connectivity index (χ0v) is 17.2. The van der Waals surface area contributed by atoms with E-state index in [-0.39, 0.29) is 0 Å². The summed E-state index contributed by atoms with van der Waals surface area (Å²) in [6.45, 7) is 6.54. The Bertz CT molecular complexity index is 884. The summed E-state index contributed by atoms with van der Waals surface area (Å²) in [7, 11) is 0. The molecular weight excluding hydrogens is 356 g/mol. The molecule has 2 aromatic carbocycles. The first-order chi connectivity index (χ1) is 14.3. The van der Waals surface area contributed by atoms with Crippen molar-refractivity contribution in [1.29, 1.82) is 0 Å². The van der Waals surface area contributed by atoms with Crippen molar-refractivity contribution in [3.63, 3.8) is 0 Å². The lowest BCUT2D eigenvalue weighted by Crippen LogP contribution is -2.33. The van der Waals surface area contributed by atoms with Crippen molar-refractivity contribution in [2.45, 2.75) is 32.7 Å². The second-order valence-corrected chi connectivity index (χ2v) is 8.04. The summed E-state index contributed by atoms with van der Waals surface area (Å²) < 4.78 is 0. The van der Waals surface area contributed by atoms with Crippen LogP contribution in [0.25, 0.3) is 11.3 Å². The highest BCUT2D eigenvalue weighted by Crippen LogP contribution is 2.23. The van der Waals surface area contributed by atoms with Gasteiger partial charge in [-0.15, -0.1) is 10.2 Å². The summed E-state index contributed by atoms with van der Waals surface area (Å²) in [4.78, 5) is 2.58. The molecule has 0 aliphatic carbocycles. The van der Waals surface area contributed by atoms with Crippen LogP contribution in [-0.2, 0) is 6.54 Å². The van der Waals surface area contributed by atoms with Crippen LogP contribution in [0.5, 0.6) is 0 Å². The van der Waals surface area contributed by atoms with Crippen molar-refractivity contribution in [3.8, 4) is 11.3 Å². The zero-order chi connectivity index (χ0) is 19.9. The Hall–Kier alpha value is -2.72. The standard InChI is InChI=1S/C25H30N4/c1-20-7-5-6-10-23(20)24-11-12-25(28-27-24)26-16-13-21-14-17-29(18-15-21)19-22-8-3-2-4-9-22/h2-12,21H,13-19H2,1H3,(H,26,28). The molecule has 4 nitrogen and oxygen atoms in total. The van der Waals surface area contributed by atoms with E-state index in [0.717, 1.165) is 36.1 Å². The van der Waals surface area contributed by atoms with Gasteiger partial charge in [0.1, 0.15) is 5.82 Å². The van der Waals surface area contributed by atoms with Gasteiger partial charge in [-0.25, -0.2) is 0 Å². The molecule has 0 saturated carbocycles. The highest BCUT2D eigenvalue weighted by molar-refractivity contribution is 5.63. The number of nitrogens with zero attached hydrogens (tertiary/aromatic N) is 3. The molecule has 150 valence electrons. The van der Waals surface area contributed by atoms with Gasteiger partial charge in [-0.1, -0.05) is 54.6 Å². The fraction of sp³-hybridized carbons (Fsp3) is 0.360. The normalized spacial score (nSPS) is 15.3. The number of rotatable bonds is 7. The Labute approximate surface area is 174 Å². The van der Waals surface area contributed by atoms with E-state index in [2.05, 4.69) is 75.9 Å². The van der Waals surface area contributed by atoms with Gasteiger partial charge in [0, 0.05) is 18.7 Å². The Balaban J connectivity index is 1.20. The lowest BCUT2D eigenvalue weighted by atomic mass is 9.93. The summed E-state index contributed by atoms with van der Waals surface area (Å²) >= 11 is 0. The predicted octanol–water partition coefficient (Wildman–Crippen LogP) is 5.17. The molecule has 1 aliphatic heterocycles. The molecule has 3 aromatic rings. The fourth-order valence-electron chi connectivity index (χ4n) is 4.11. The average molecular weight is 387 g/mol. The predicted molar refractivity (Wildman–Crippen MR) is 120 cm³/mol. The van der Waals surface area contributed by atoms with Gasteiger partial charge >= 0.3 is 0 Å². The molecule has 1 fully saturated rings. The van der Waals surface area contributed by atoms with Gasteiger partial charge in [0.05, 0.1) is 5.69 Å². The van der Waals surface area contributed by atoms with E-state index in [1.807, 2.05) is 18.2 Å². The summed E-state index contributed by atoms with van der Waals surface area (Å²) in [5.74, 6) is 1.66. The van der Waals surface area contributed by atoms with Crippen LogP contribution in [0.2, 0.25) is 0 Å². The second kappa shape index (κ2) is 9.66. The third kappa shape index (κ3) is 5.42. The van der Waals surface area contributed by atoms with Crippen molar-refractivity contribution >= 4 is 5.82 Å². The van der Waals surface area contributed by atoms with Crippen molar-refractivity contribution in [3.05, 3.63) is 77.9 Å². The Morgan fingerprint density at radius 1 is 0.897 bits per heavy atom. The molecule has 0 radical (unpaired) electrons. The van der Waals surface area contributed by atoms with Gasteiger partial charge in [0.2, 0.25) is 0 Å². The maximum absolute atomic E-state index is 4.41. The SMILES string of the molecule is Cc1ccccc1-c1ccc(NCCC2CCN(Cc3ccccc3)CC2)nn1. The van der Waals surface area contributed by atoms with Crippen LogP contribution < -0.4 is 5.32 Å². The van der Waals surface area contributed by atoms with Crippen LogP contribution in [0.15, 0.2) is 66.7 Å². The molecule has 4 rings (SSSR count). The molecular formula is C25H30N4. The van der Waals surface area contributed by atoms with Gasteiger partial charge in [-0.2, -0.15) is 0 Å². The van der Waals surface area contributed by atoms with Crippen LogP contribution in [0.1, 0.15) is 30.4 Å². The summed E-state index contributed by atoms with van der Waals surface area (Å²) in [5, 5.41) is 12.2. The molecule has 29 heavy (non-hydrogen) atoms. The fourth-order valence-corrected chi connectivity index (χ4v) is 4.11. The van der Waals surface area contributed by atoms with Crippen molar-refractivity contribution in [1.82, 2.24) is 15.1 Å². The number of likely N-dealkylation sites (tertiary alicyclic amines) is 1. The van der Waals surface area contributed by atoms with E-state index in [1.165, 1.54) is 43.5 Å². The van der Waals surface area contributed by atoms with E-state index in [4.69, 9.17) is 0 Å². The minimum absolute atomic E-state index is 0.800. The zero-order valence-electron chi connectivity index (χ0n) is 17.2. The maximum atomic E-state index is 4.41. The summed E-state index contributed by atoms with van der Waals surface area (Å²) in [6.07, 6.45) is 3.76. The molecule has 1 aromatic heterocycles. The molecule has 1 N–H and O–H groups in total. The van der Waals surface area contributed by atoms with E-state index in [0.29, 0.717) is 0 Å². The van der Waals surface area contributed by atoms with Crippen LogP contribution in [0.3, 0.4) is 0 Å². The molecule has 4 heteroatoms. The minimum atomic E-state index is 0.800. The van der Waals surface area contributed by atoms with Crippen molar-refractivity contribution < 1.29 is 0 Å². The third-order valence-electron chi connectivity index (χ3n) is 5.90. The highest BCUT2D eigenvalue weighted by Gasteiger charge is 2.19. The summed E-state index contributed by atoms with van der Waals surface area (Å²) in [6, 6.07) is 23.2. The lowest BCUT2D eigenvalue weighted by Gasteiger charge is -2.32. The third-order valence-corrected chi connectivity index (χ3v) is 5.90. The molecule has 0 atom stereocenters. The quantitative estimate of drug-likeness (QED) is 0.608. The Morgan fingerprint density at radius 3 is 2.38 bits per heavy atom. The van der Waals surface area contributed by atoms with Crippen molar-refractivity contribution in [2.75, 3.05) is 25.0 Å². The number of piperidine rings is 1. The van der Waals surface area contributed by atoms with Gasteiger partial charge in [0.15, 0.2) is 0 Å². The number of anilines is 1. The maximum Gasteiger partial charge on any atom is 0.148 e. The molecule has 0 spiro atoms. The number of benzene rings is 2. The first-order valence-corrected chi connectivity index (χ1v) is 10.7. The highest BCUT2D eigenvalue weighted by atomic mass is 15.2. The molecule has 2 heterocycles. The van der Waals surface area contributed by atoms with E-state index in [1.54, 1.807) is 0 Å². The van der Waals surface area contributed by atoms with Gasteiger partial charge in [-0.3, -0.25) is 4.90 Å². The molecule has 1 saturated heterocycles. The van der Waals surface area contributed by atoms with E-state index < -0.39 is 0 Å². The Morgan fingerprint density at radius 2 is 1.66 bits per heavy atom. The van der Waals surface area contributed by atoms with Gasteiger partial charge in [0.25, 0.3) is 0 Å². The largest absolute Gasteiger partial charge is 0.369 e. The lowest BCUT2D eigenvalue weighted by molar-refractivity contribution is 0.174. The smallest absolute Gasteiger partial charge is 0.148 e. The summed E-state index contributed by atoms with van der Waals surface area (Å²) in [5.41, 5.74) is 4.72. The first kappa shape index (κ1) is 19.6. The molecule has 0 unspecified atom stereocenters. The van der Waals surface area contributed by atoms with Crippen LogP contribution >= 0.6 is 0 Å². The average Bonchev–Trinajstić information content (AvgIpc) is 2.77. The molecule has 0 bridgehead atoms. The first-order valence-electron chi connectivity index (χ1n) is 10.7. The molecule has 1 aliphatic rings. The van der Waals surface area contributed by atoms with Gasteiger partial charge < -0.3 is 5.32 Å². The second-order valence-electron chi connectivity index (χ2n) is 8.04. The van der Waals surface area contributed by atoms with E-state index in [9.17, 15) is 0 Å². The van der Waals surface area contributed by atoms with Crippen molar-refractivity contribution in [2.24, 2.45) is 5.92 Å². The van der Waals surface area contributed by atoms with Gasteiger partial charge in [-0.05, 0) is 68.5 Å². The minimum Gasteiger partial charge on any atom is -0.369 e. The van der Waals surface area contributed by atoms with Crippen LogP contribution in [-0.4, -0.2) is 34.7 Å². The molecule has 0 amide bonds. The monoisotopic (exact) mass is 386 g/mol. The number of hydrogen-bond acceptors (Lipinski definition) is 4.